The Bertz CT molecular complexity index is 625. The van der Waals surface area contributed by atoms with Gasteiger partial charge in [-0.15, -0.1) is 0 Å². The molecule has 0 fully saturated rings. The number of hydrogen-bond acceptors (Lipinski definition) is 2. The molecule has 0 spiro atoms. The number of alkyl halides is 3. The minimum absolute atomic E-state index is 0.0238. The van der Waals surface area contributed by atoms with Gasteiger partial charge in [-0.05, 0) is 42.3 Å². The lowest BCUT2D eigenvalue weighted by Crippen LogP contribution is -2.10. The molecule has 20 heavy (non-hydrogen) atoms. The number of hydrogen-bond donors (Lipinski definition) is 1. The number of halogens is 4. The molecule has 1 atom stereocenters. The second-order valence-electron chi connectivity index (χ2n) is 4.37. The van der Waals surface area contributed by atoms with E-state index in [-0.39, 0.29) is 5.56 Å². The fraction of sp³-hybridized carbons (Fsp3) is 0.214. The van der Waals surface area contributed by atoms with Crippen LogP contribution in [0.5, 0.6) is 0 Å². The average molecular weight is 285 g/mol. The van der Waals surface area contributed by atoms with Crippen molar-refractivity contribution in [1.82, 2.24) is 4.98 Å². The second kappa shape index (κ2) is 5.20. The van der Waals surface area contributed by atoms with Gasteiger partial charge in [0, 0.05) is 11.9 Å². The molecule has 0 aliphatic rings. The van der Waals surface area contributed by atoms with Crippen molar-refractivity contribution in [2.75, 3.05) is 0 Å². The van der Waals surface area contributed by atoms with Gasteiger partial charge in [-0.2, -0.15) is 13.2 Å². The Morgan fingerprint density at radius 2 is 1.75 bits per heavy atom. The molecule has 1 aromatic carbocycles. The smallest absolute Gasteiger partial charge is 0.384 e. The van der Waals surface area contributed by atoms with Crippen LogP contribution in [-0.2, 0) is 6.18 Å². The number of benzene rings is 1. The molecular weight excluding hydrogens is 274 g/mol. The molecule has 1 N–H and O–H groups in total. The van der Waals surface area contributed by atoms with E-state index < -0.39 is 23.7 Å². The molecular formula is C14H11F4NO. The van der Waals surface area contributed by atoms with Crippen molar-refractivity contribution in [3.63, 3.8) is 0 Å². The van der Waals surface area contributed by atoms with Crippen molar-refractivity contribution in [3.05, 3.63) is 64.7 Å². The summed E-state index contributed by atoms with van der Waals surface area (Å²) in [6.45, 7) is 1.70. The summed E-state index contributed by atoms with van der Waals surface area (Å²) in [6, 6.07) is 5.51. The van der Waals surface area contributed by atoms with E-state index in [0.717, 1.165) is 6.07 Å². The Labute approximate surface area is 112 Å². The molecule has 1 heterocycles. The predicted molar refractivity (Wildman–Crippen MR) is 64.4 cm³/mol. The zero-order valence-corrected chi connectivity index (χ0v) is 10.4. The molecule has 1 unspecified atom stereocenters. The Hall–Kier alpha value is -1.95. The molecule has 2 nitrogen and oxygen atoms in total. The van der Waals surface area contributed by atoms with Crippen LogP contribution in [0.3, 0.4) is 0 Å². The van der Waals surface area contributed by atoms with Gasteiger partial charge in [0.1, 0.15) is 11.9 Å². The lowest BCUT2D eigenvalue weighted by atomic mass is 9.99. The molecule has 2 rings (SSSR count). The largest absolute Gasteiger partial charge is 0.419 e. The normalized spacial score (nSPS) is 13.3. The Balaban J connectivity index is 2.43. The molecule has 0 radical (unpaired) electrons. The van der Waals surface area contributed by atoms with Crippen molar-refractivity contribution >= 4 is 0 Å². The van der Waals surface area contributed by atoms with Gasteiger partial charge >= 0.3 is 6.18 Å². The highest BCUT2D eigenvalue weighted by Crippen LogP contribution is 2.34. The van der Waals surface area contributed by atoms with Crippen molar-refractivity contribution < 1.29 is 22.7 Å². The summed E-state index contributed by atoms with van der Waals surface area (Å²) >= 11 is 0. The summed E-state index contributed by atoms with van der Waals surface area (Å²) in [5.41, 5.74) is -0.388. The van der Waals surface area contributed by atoms with Crippen LogP contribution in [-0.4, -0.2) is 10.1 Å². The number of aliphatic hydroxyl groups is 1. The monoisotopic (exact) mass is 285 g/mol. The fourth-order valence-corrected chi connectivity index (χ4v) is 1.86. The fourth-order valence-electron chi connectivity index (χ4n) is 1.86. The van der Waals surface area contributed by atoms with Crippen LogP contribution in [0.25, 0.3) is 0 Å². The zero-order chi connectivity index (χ0) is 14.9. The summed E-state index contributed by atoms with van der Waals surface area (Å²) in [6.07, 6.45) is -4.62. The van der Waals surface area contributed by atoms with E-state index in [0.29, 0.717) is 23.4 Å². The van der Waals surface area contributed by atoms with Gasteiger partial charge in [0.15, 0.2) is 0 Å². The molecule has 0 bridgehead atoms. The van der Waals surface area contributed by atoms with Gasteiger partial charge in [-0.3, -0.25) is 4.98 Å². The number of rotatable bonds is 2. The van der Waals surface area contributed by atoms with Gasteiger partial charge in [-0.1, -0.05) is 6.07 Å². The Kier molecular flexibility index (Phi) is 3.76. The van der Waals surface area contributed by atoms with Gasteiger partial charge in [0.2, 0.25) is 0 Å². The third-order valence-electron chi connectivity index (χ3n) is 2.85. The van der Waals surface area contributed by atoms with Gasteiger partial charge in [0.25, 0.3) is 0 Å². The van der Waals surface area contributed by atoms with Crippen molar-refractivity contribution in [1.29, 1.82) is 0 Å². The topological polar surface area (TPSA) is 33.1 Å². The SMILES string of the molecule is Cc1cc(C(O)c2ccc(F)c(C(F)(F)F)c2)ccn1. The maximum Gasteiger partial charge on any atom is 0.419 e. The van der Waals surface area contributed by atoms with Crippen LogP contribution in [0.4, 0.5) is 17.6 Å². The number of nitrogens with zero attached hydrogens (tertiary/aromatic N) is 1. The number of aromatic nitrogens is 1. The first-order chi connectivity index (χ1) is 9.29. The number of aryl methyl sites for hydroxylation is 1. The van der Waals surface area contributed by atoms with Crippen LogP contribution in [0.2, 0.25) is 0 Å². The molecule has 0 amide bonds. The quantitative estimate of drug-likeness (QED) is 0.855. The summed E-state index contributed by atoms with van der Waals surface area (Å²) in [7, 11) is 0. The molecule has 106 valence electrons. The lowest BCUT2D eigenvalue weighted by molar-refractivity contribution is -0.140. The number of aliphatic hydroxyl groups excluding tert-OH is 1. The Morgan fingerprint density at radius 1 is 1.10 bits per heavy atom. The molecule has 0 saturated carbocycles. The minimum Gasteiger partial charge on any atom is -0.384 e. The summed E-state index contributed by atoms with van der Waals surface area (Å²) < 4.78 is 51.1. The molecule has 1 aromatic heterocycles. The van der Waals surface area contributed by atoms with E-state index in [1.165, 1.54) is 12.3 Å². The summed E-state index contributed by atoms with van der Waals surface area (Å²) in [5.74, 6) is -1.36. The van der Waals surface area contributed by atoms with Gasteiger partial charge in [-0.25, -0.2) is 4.39 Å². The summed E-state index contributed by atoms with van der Waals surface area (Å²) in [4.78, 5) is 3.94. The van der Waals surface area contributed by atoms with E-state index in [4.69, 9.17) is 0 Å². The molecule has 0 aliphatic carbocycles. The van der Waals surface area contributed by atoms with Crippen LogP contribution in [0, 0.1) is 12.7 Å². The highest BCUT2D eigenvalue weighted by atomic mass is 19.4. The highest BCUT2D eigenvalue weighted by molar-refractivity contribution is 5.34. The zero-order valence-electron chi connectivity index (χ0n) is 10.4. The first-order valence-electron chi connectivity index (χ1n) is 5.76. The summed E-state index contributed by atoms with van der Waals surface area (Å²) in [5, 5.41) is 10.1. The molecule has 2 aromatic rings. The van der Waals surface area contributed by atoms with Crippen molar-refractivity contribution in [2.24, 2.45) is 0 Å². The van der Waals surface area contributed by atoms with E-state index in [1.807, 2.05) is 0 Å². The third kappa shape index (κ3) is 2.96. The van der Waals surface area contributed by atoms with Crippen LogP contribution < -0.4 is 0 Å². The molecule has 0 aliphatic heterocycles. The maximum atomic E-state index is 13.2. The molecule has 6 heteroatoms. The first kappa shape index (κ1) is 14.5. The minimum atomic E-state index is -4.80. The van der Waals surface area contributed by atoms with E-state index in [1.54, 1.807) is 13.0 Å². The maximum absolute atomic E-state index is 13.2. The predicted octanol–water partition coefficient (Wildman–Crippen LogP) is 3.63. The standard InChI is InChI=1S/C14H11F4NO/c1-8-6-10(4-5-19-8)13(20)9-2-3-12(15)11(7-9)14(16,17)18/h2-7,13,20H,1H3. The van der Waals surface area contributed by atoms with Gasteiger partial charge < -0.3 is 5.11 Å². The van der Waals surface area contributed by atoms with Crippen molar-refractivity contribution in [2.45, 2.75) is 19.2 Å². The van der Waals surface area contributed by atoms with E-state index >= 15 is 0 Å². The number of pyridine rings is 1. The van der Waals surface area contributed by atoms with E-state index in [9.17, 15) is 22.7 Å². The van der Waals surface area contributed by atoms with Crippen LogP contribution in [0.1, 0.15) is 28.5 Å². The third-order valence-corrected chi connectivity index (χ3v) is 2.85. The highest BCUT2D eigenvalue weighted by Gasteiger charge is 2.34. The molecule has 0 saturated heterocycles. The second-order valence-corrected chi connectivity index (χ2v) is 4.37. The van der Waals surface area contributed by atoms with Crippen LogP contribution in [0.15, 0.2) is 36.5 Å². The van der Waals surface area contributed by atoms with Gasteiger partial charge in [0.05, 0.1) is 5.56 Å². The van der Waals surface area contributed by atoms with Crippen molar-refractivity contribution in [3.8, 4) is 0 Å². The lowest BCUT2D eigenvalue weighted by Gasteiger charge is -2.15. The Morgan fingerprint density at radius 3 is 2.35 bits per heavy atom. The van der Waals surface area contributed by atoms with E-state index in [2.05, 4.69) is 4.98 Å². The van der Waals surface area contributed by atoms with Crippen LogP contribution >= 0.6 is 0 Å². The first-order valence-corrected chi connectivity index (χ1v) is 5.76. The average Bonchev–Trinajstić information content (AvgIpc) is 2.37.